The number of nitrogens with one attached hydrogen (secondary N) is 1. The SMILES string of the molecule is O=C1NCc2c1cc(CN(C(=O)O)C1CCCC1=O)cc2C(F)(F)F. The van der Waals surface area contributed by atoms with Gasteiger partial charge in [-0.1, -0.05) is 0 Å². The predicted octanol–water partition coefficient (Wildman–Crippen LogP) is 2.55. The Hall–Kier alpha value is -2.58. The number of fused-ring (bicyclic) bond motifs is 1. The first-order valence-electron chi connectivity index (χ1n) is 7.72. The van der Waals surface area contributed by atoms with E-state index in [0.29, 0.717) is 12.8 Å². The van der Waals surface area contributed by atoms with Gasteiger partial charge in [0.05, 0.1) is 11.6 Å². The highest BCUT2D eigenvalue weighted by molar-refractivity contribution is 5.99. The third-order valence-corrected chi connectivity index (χ3v) is 4.53. The van der Waals surface area contributed by atoms with Crippen molar-refractivity contribution in [3.8, 4) is 0 Å². The van der Waals surface area contributed by atoms with Gasteiger partial charge in [0.1, 0.15) is 0 Å². The molecule has 1 aromatic carbocycles. The molecule has 2 amide bonds. The Morgan fingerprint density at radius 1 is 1.32 bits per heavy atom. The molecule has 3 rings (SSSR count). The molecule has 1 aromatic rings. The fourth-order valence-electron chi connectivity index (χ4n) is 3.37. The fourth-order valence-corrected chi connectivity index (χ4v) is 3.37. The van der Waals surface area contributed by atoms with Gasteiger partial charge < -0.3 is 10.4 Å². The molecule has 1 unspecified atom stereocenters. The van der Waals surface area contributed by atoms with Crippen molar-refractivity contribution in [1.82, 2.24) is 10.2 Å². The van der Waals surface area contributed by atoms with Crippen LogP contribution in [-0.2, 0) is 24.1 Å². The molecular weight excluding hydrogens is 341 g/mol. The minimum absolute atomic E-state index is 0.0326. The second-order valence-corrected chi connectivity index (χ2v) is 6.13. The van der Waals surface area contributed by atoms with Crippen LogP contribution in [0.3, 0.4) is 0 Å². The van der Waals surface area contributed by atoms with Crippen LogP contribution in [-0.4, -0.2) is 33.8 Å². The molecule has 1 saturated carbocycles. The third kappa shape index (κ3) is 3.18. The summed E-state index contributed by atoms with van der Waals surface area (Å²) in [6.45, 7) is -0.595. The summed E-state index contributed by atoms with van der Waals surface area (Å²) in [5, 5.41) is 11.7. The summed E-state index contributed by atoms with van der Waals surface area (Å²) < 4.78 is 39.9. The summed E-state index contributed by atoms with van der Waals surface area (Å²) in [4.78, 5) is 35.9. The predicted molar refractivity (Wildman–Crippen MR) is 78.8 cm³/mol. The molecule has 2 aliphatic rings. The summed E-state index contributed by atoms with van der Waals surface area (Å²) in [5.41, 5.74) is -1.17. The van der Waals surface area contributed by atoms with E-state index in [1.807, 2.05) is 0 Å². The van der Waals surface area contributed by atoms with Gasteiger partial charge in [-0.05, 0) is 36.1 Å². The van der Waals surface area contributed by atoms with Crippen LogP contribution < -0.4 is 5.32 Å². The summed E-state index contributed by atoms with van der Waals surface area (Å²) >= 11 is 0. The normalized spacial score (nSPS) is 19.7. The average molecular weight is 356 g/mol. The van der Waals surface area contributed by atoms with Crippen LogP contribution in [0.1, 0.15) is 46.3 Å². The number of ketones is 1. The molecule has 1 atom stereocenters. The van der Waals surface area contributed by atoms with Crippen molar-refractivity contribution < 1.29 is 32.7 Å². The Bertz CT molecular complexity index is 760. The van der Waals surface area contributed by atoms with Crippen LogP contribution in [0.15, 0.2) is 12.1 Å². The zero-order valence-corrected chi connectivity index (χ0v) is 13.0. The largest absolute Gasteiger partial charge is 0.465 e. The lowest BCUT2D eigenvalue weighted by atomic mass is 9.98. The number of nitrogens with zero attached hydrogens (tertiary/aromatic N) is 1. The van der Waals surface area contributed by atoms with E-state index in [1.54, 1.807) is 0 Å². The lowest BCUT2D eigenvalue weighted by Crippen LogP contribution is -2.41. The molecule has 1 heterocycles. The number of hydrogen-bond donors (Lipinski definition) is 2. The standard InChI is InChI=1S/C16H15F3N2O4/c17-16(18,19)11-5-8(4-9-10(11)6-20-14(9)23)7-21(15(24)25)12-2-1-3-13(12)22/h4-5,12H,1-3,6-7H2,(H,20,23)(H,24,25). The molecule has 1 fully saturated rings. The quantitative estimate of drug-likeness (QED) is 0.871. The number of Topliss-reactive ketones (excluding diaryl/α,β-unsaturated/α-hetero) is 1. The number of hydrogen-bond acceptors (Lipinski definition) is 3. The minimum atomic E-state index is -4.66. The number of amides is 2. The first-order valence-corrected chi connectivity index (χ1v) is 7.72. The molecule has 134 valence electrons. The van der Waals surface area contributed by atoms with E-state index < -0.39 is 29.8 Å². The van der Waals surface area contributed by atoms with Gasteiger partial charge >= 0.3 is 12.3 Å². The van der Waals surface area contributed by atoms with Gasteiger partial charge in [0.25, 0.3) is 5.91 Å². The number of rotatable bonds is 3. The highest BCUT2D eigenvalue weighted by atomic mass is 19.4. The van der Waals surface area contributed by atoms with Gasteiger partial charge in [-0.15, -0.1) is 0 Å². The molecular formula is C16H15F3N2O4. The number of benzene rings is 1. The molecule has 0 radical (unpaired) electrons. The number of carboxylic acid groups (broad SMARTS) is 1. The van der Waals surface area contributed by atoms with Crippen LogP contribution in [0.4, 0.5) is 18.0 Å². The number of alkyl halides is 3. The van der Waals surface area contributed by atoms with Crippen molar-refractivity contribution in [3.05, 3.63) is 34.4 Å². The Labute approximate surface area is 140 Å². The zero-order valence-electron chi connectivity index (χ0n) is 13.0. The molecule has 1 aliphatic carbocycles. The monoisotopic (exact) mass is 356 g/mol. The van der Waals surface area contributed by atoms with Crippen LogP contribution in [0.5, 0.6) is 0 Å². The van der Waals surface area contributed by atoms with Crippen LogP contribution in [0, 0.1) is 0 Å². The van der Waals surface area contributed by atoms with Crippen LogP contribution >= 0.6 is 0 Å². The summed E-state index contributed by atoms with van der Waals surface area (Å²) in [6.07, 6.45) is -4.88. The molecule has 0 saturated heterocycles. The van der Waals surface area contributed by atoms with E-state index in [0.717, 1.165) is 11.0 Å². The summed E-state index contributed by atoms with van der Waals surface area (Å²) in [5.74, 6) is -0.862. The molecule has 1 aliphatic heterocycles. The van der Waals surface area contributed by atoms with Gasteiger partial charge in [-0.3, -0.25) is 14.5 Å². The first-order chi connectivity index (χ1) is 11.7. The third-order valence-electron chi connectivity index (χ3n) is 4.53. The fraction of sp³-hybridized carbons (Fsp3) is 0.438. The molecule has 0 spiro atoms. The van der Waals surface area contributed by atoms with E-state index in [1.165, 1.54) is 6.07 Å². The molecule has 6 nitrogen and oxygen atoms in total. The zero-order chi connectivity index (χ0) is 18.4. The Morgan fingerprint density at radius 3 is 2.60 bits per heavy atom. The van der Waals surface area contributed by atoms with Crippen molar-refractivity contribution in [2.24, 2.45) is 0 Å². The number of carbonyl (C=O) groups is 3. The van der Waals surface area contributed by atoms with Crippen molar-refractivity contribution in [1.29, 1.82) is 0 Å². The maximum Gasteiger partial charge on any atom is 0.416 e. The molecule has 0 bridgehead atoms. The maximum atomic E-state index is 13.3. The van der Waals surface area contributed by atoms with E-state index in [9.17, 15) is 32.7 Å². The van der Waals surface area contributed by atoms with Gasteiger partial charge in [0.15, 0.2) is 5.78 Å². The van der Waals surface area contributed by atoms with Gasteiger partial charge in [0.2, 0.25) is 0 Å². The van der Waals surface area contributed by atoms with Gasteiger partial charge in [-0.25, -0.2) is 4.79 Å². The smallest absolute Gasteiger partial charge is 0.416 e. The van der Waals surface area contributed by atoms with E-state index in [4.69, 9.17) is 0 Å². The first kappa shape index (κ1) is 17.2. The van der Waals surface area contributed by atoms with Crippen molar-refractivity contribution >= 4 is 17.8 Å². The van der Waals surface area contributed by atoms with E-state index in [-0.39, 0.29) is 42.0 Å². The van der Waals surface area contributed by atoms with E-state index in [2.05, 4.69) is 5.32 Å². The molecule has 9 heteroatoms. The lowest BCUT2D eigenvalue weighted by Gasteiger charge is -2.25. The topological polar surface area (TPSA) is 86.7 Å². The molecule has 0 aromatic heterocycles. The van der Waals surface area contributed by atoms with Crippen LogP contribution in [0.2, 0.25) is 0 Å². The highest BCUT2D eigenvalue weighted by Gasteiger charge is 2.39. The minimum Gasteiger partial charge on any atom is -0.465 e. The number of halogens is 3. The van der Waals surface area contributed by atoms with Crippen LogP contribution in [0.25, 0.3) is 0 Å². The Balaban J connectivity index is 1.99. The summed E-state index contributed by atoms with van der Waals surface area (Å²) in [7, 11) is 0. The average Bonchev–Trinajstić information content (AvgIpc) is 3.09. The molecule has 25 heavy (non-hydrogen) atoms. The Kier molecular flexibility index (Phi) is 4.18. The highest BCUT2D eigenvalue weighted by Crippen LogP contribution is 2.36. The Morgan fingerprint density at radius 2 is 2.04 bits per heavy atom. The second kappa shape index (κ2) is 6.05. The van der Waals surface area contributed by atoms with Gasteiger partial charge in [0, 0.05) is 25.1 Å². The lowest BCUT2D eigenvalue weighted by molar-refractivity contribution is -0.138. The van der Waals surface area contributed by atoms with Crippen molar-refractivity contribution in [2.75, 3.05) is 0 Å². The van der Waals surface area contributed by atoms with Gasteiger partial charge in [-0.2, -0.15) is 13.2 Å². The summed E-state index contributed by atoms with van der Waals surface area (Å²) in [6, 6.07) is 1.27. The second-order valence-electron chi connectivity index (χ2n) is 6.13. The maximum absolute atomic E-state index is 13.3. The van der Waals surface area contributed by atoms with E-state index >= 15 is 0 Å². The van der Waals surface area contributed by atoms with Crippen molar-refractivity contribution in [3.63, 3.8) is 0 Å². The molecule has 2 N–H and O–H groups in total. The number of carbonyl (C=O) groups excluding carboxylic acids is 2. The van der Waals surface area contributed by atoms with Crippen molar-refractivity contribution in [2.45, 2.75) is 44.6 Å².